The van der Waals surface area contributed by atoms with Crippen LogP contribution in [0.4, 0.5) is 0 Å². The van der Waals surface area contributed by atoms with Crippen LogP contribution in [0.2, 0.25) is 5.02 Å². The summed E-state index contributed by atoms with van der Waals surface area (Å²) >= 11 is 5.90. The predicted molar refractivity (Wildman–Crippen MR) is 73.8 cm³/mol. The Hall–Kier alpha value is -2.33. The quantitative estimate of drug-likeness (QED) is 0.320. The summed E-state index contributed by atoms with van der Waals surface area (Å²) in [6.45, 7) is 0. The molecule has 0 aliphatic rings. The molecule has 0 amide bonds. The molecule has 0 saturated heterocycles. The standard InChI is InChI=1S/C14H10ClN3O/c15-11-6-4-10(5-7-11)14-17-12(9-16-19)13-3-1-2-8-18(13)14/h1-9,19H/p+1/b16-9+. The van der Waals surface area contributed by atoms with E-state index in [4.69, 9.17) is 16.8 Å². The number of rotatable bonds is 2. The van der Waals surface area contributed by atoms with E-state index >= 15 is 0 Å². The van der Waals surface area contributed by atoms with E-state index in [1.807, 2.05) is 53.1 Å². The number of aromatic amines is 1. The zero-order chi connectivity index (χ0) is 13.2. The number of nitrogens with zero attached hydrogens (tertiary/aromatic N) is 2. The van der Waals surface area contributed by atoms with Crippen molar-refractivity contribution in [3.05, 3.63) is 59.4 Å². The Kier molecular flexibility index (Phi) is 2.93. The largest absolute Gasteiger partial charge is 0.411 e. The maximum absolute atomic E-state index is 8.72. The van der Waals surface area contributed by atoms with Crippen molar-refractivity contribution >= 4 is 23.3 Å². The van der Waals surface area contributed by atoms with Crippen molar-refractivity contribution < 1.29 is 9.61 Å². The molecule has 0 fully saturated rings. The topological polar surface area (TPSA) is 52.5 Å². The number of fused-ring (bicyclic) bond motifs is 1. The van der Waals surface area contributed by atoms with Gasteiger partial charge < -0.3 is 5.21 Å². The van der Waals surface area contributed by atoms with Gasteiger partial charge in [0.2, 0.25) is 0 Å². The third-order valence-corrected chi connectivity index (χ3v) is 3.19. The van der Waals surface area contributed by atoms with Gasteiger partial charge in [-0.2, -0.15) is 4.40 Å². The molecule has 4 nitrogen and oxygen atoms in total. The van der Waals surface area contributed by atoms with Gasteiger partial charge in [-0.25, -0.2) is 4.98 Å². The summed E-state index contributed by atoms with van der Waals surface area (Å²) in [7, 11) is 0. The lowest BCUT2D eigenvalue weighted by Crippen LogP contribution is -2.21. The molecule has 0 atom stereocenters. The molecule has 0 bridgehead atoms. The Balaban J connectivity index is 2.26. The highest BCUT2D eigenvalue weighted by Crippen LogP contribution is 2.19. The van der Waals surface area contributed by atoms with Crippen molar-refractivity contribution in [2.75, 3.05) is 0 Å². The lowest BCUT2D eigenvalue weighted by atomic mass is 10.2. The van der Waals surface area contributed by atoms with Gasteiger partial charge in [-0.15, -0.1) is 0 Å². The Morgan fingerprint density at radius 3 is 2.68 bits per heavy atom. The lowest BCUT2D eigenvalue weighted by Gasteiger charge is -1.94. The smallest absolute Gasteiger partial charge is 0.292 e. The fourth-order valence-electron chi connectivity index (χ4n) is 2.08. The fourth-order valence-corrected chi connectivity index (χ4v) is 2.21. The summed E-state index contributed by atoms with van der Waals surface area (Å²) in [6, 6.07) is 13.4. The molecule has 0 aliphatic carbocycles. The van der Waals surface area contributed by atoms with Gasteiger partial charge in [0, 0.05) is 5.02 Å². The minimum Gasteiger partial charge on any atom is -0.411 e. The van der Waals surface area contributed by atoms with Gasteiger partial charge in [0.1, 0.15) is 6.21 Å². The number of oxime groups is 1. The summed E-state index contributed by atoms with van der Waals surface area (Å²) in [6.07, 6.45) is 3.33. The van der Waals surface area contributed by atoms with E-state index in [0.717, 1.165) is 22.6 Å². The molecule has 2 heterocycles. The molecule has 0 radical (unpaired) electrons. The van der Waals surface area contributed by atoms with Crippen LogP contribution in [0, 0.1) is 0 Å². The average molecular weight is 273 g/mol. The van der Waals surface area contributed by atoms with Gasteiger partial charge in [0.25, 0.3) is 5.82 Å². The van der Waals surface area contributed by atoms with Crippen LogP contribution in [0.1, 0.15) is 5.69 Å². The number of benzene rings is 1. The molecular formula is C14H11ClN3O+. The van der Waals surface area contributed by atoms with E-state index in [9.17, 15) is 0 Å². The normalized spacial score (nSPS) is 11.4. The molecule has 19 heavy (non-hydrogen) atoms. The Labute approximate surface area is 114 Å². The molecule has 0 saturated carbocycles. The van der Waals surface area contributed by atoms with Crippen molar-refractivity contribution in [1.29, 1.82) is 0 Å². The zero-order valence-corrected chi connectivity index (χ0v) is 10.7. The van der Waals surface area contributed by atoms with E-state index in [1.165, 1.54) is 6.21 Å². The third-order valence-electron chi connectivity index (χ3n) is 2.93. The first kappa shape index (κ1) is 11.7. The van der Waals surface area contributed by atoms with Gasteiger partial charge in [0.05, 0.1) is 11.8 Å². The molecule has 0 unspecified atom stereocenters. The number of nitrogens with one attached hydrogen (secondary N) is 1. The Morgan fingerprint density at radius 2 is 1.95 bits per heavy atom. The first-order chi connectivity index (χ1) is 9.29. The second kappa shape index (κ2) is 4.74. The van der Waals surface area contributed by atoms with Crippen molar-refractivity contribution in [2.24, 2.45) is 5.16 Å². The van der Waals surface area contributed by atoms with Crippen molar-refractivity contribution in [3.8, 4) is 11.4 Å². The number of imidazole rings is 1. The van der Waals surface area contributed by atoms with E-state index in [-0.39, 0.29) is 0 Å². The van der Waals surface area contributed by atoms with Crippen LogP contribution in [0.25, 0.3) is 16.9 Å². The van der Waals surface area contributed by atoms with Crippen molar-refractivity contribution in [3.63, 3.8) is 0 Å². The fraction of sp³-hybridized carbons (Fsp3) is 0. The highest BCUT2D eigenvalue weighted by atomic mass is 35.5. The highest BCUT2D eigenvalue weighted by molar-refractivity contribution is 6.30. The first-order valence-electron chi connectivity index (χ1n) is 5.75. The second-order valence-corrected chi connectivity index (χ2v) is 4.53. The minimum absolute atomic E-state index is 0.696. The summed E-state index contributed by atoms with van der Waals surface area (Å²) in [4.78, 5) is 3.24. The summed E-state index contributed by atoms with van der Waals surface area (Å²) in [5, 5.41) is 12.5. The number of pyridine rings is 1. The van der Waals surface area contributed by atoms with Crippen LogP contribution in [0.3, 0.4) is 0 Å². The highest BCUT2D eigenvalue weighted by Gasteiger charge is 2.18. The lowest BCUT2D eigenvalue weighted by molar-refractivity contribution is -0.498. The second-order valence-electron chi connectivity index (χ2n) is 4.09. The van der Waals surface area contributed by atoms with Crippen LogP contribution < -0.4 is 4.40 Å². The number of halogens is 1. The molecule has 94 valence electrons. The summed E-state index contributed by atoms with van der Waals surface area (Å²) in [5.74, 6) is 0.905. The predicted octanol–water partition coefficient (Wildman–Crippen LogP) is 2.88. The van der Waals surface area contributed by atoms with Crippen molar-refractivity contribution in [2.45, 2.75) is 0 Å². The van der Waals surface area contributed by atoms with Crippen LogP contribution in [-0.4, -0.2) is 16.4 Å². The monoisotopic (exact) mass is 272 g/mol. The van der Waals surface area contributed by atoms with E-state index < -0.39 is 0 Å². The summed E-state index contributed by atoms with van der Waals surface area (Å²) in [5.41, 5.74) is 2.68. The molecule has 3 aromatic rings. The molecular weight excluding hydrogens is 262 g/mol. The van der Waals surface area contributed by atoms with Gasteiger partial charge in [-0.3, -0.25) is 0 Å². The van der Waals surface area contributed by atoms with E-state index in [0.29, 0.717) is 5.02 Å². The molecule has 1 aromatic carbocycles. The minimum atomic E-state index is 0.696. The van der Waals surface area contributed by atoms with Crippen LogP contribution >= 0.6 is 11.6 Å². The Morgan fingerprint density at radius 1 is 1.16 bits per heavy atom. The van der Waals surface area contributed by atoms with E-state index in [2.05, 4.69) is 10.1 Å². The van der Waals surface area contributed by atoms with Gasteiger partial charge >= 0.3 is 0 Å². The average Bonchev–Trinajstić information content (AvgIpc) is 2.80. The first-order valence-corrected chi connectivity index (χ1v) is 6.13. The maximum atomic E-state index is 8.72. The molecule has 0 spiro atoms. The summed E-state index contributed by atoms with van der Waals surface area (Å²) < 4.78 is 2.00. The van der Waals surface area contributed by atoms with Crippen molar-refractivity contribution in [1.82, 2.24) is 4.98 Å². The SMILES string of the molecule is O/N=C/c1[nH]c(-c2ccc(Cl)cc2)[n+]2ccccc12. The molecule has 5 heteroatoms. The van der Waals surface area contributed by atoms with Crippen LogP contribution in [-0.2, 0) is 0 Å². The number of hydrogen-bond donors (Lipinski definition) is 2. The van der Waals surface area contributed by atoms with Gasteiger partial charge in [-0.05, 0) is 36.4 Å². The van der Waals surface area contributed by atoms with E-state index in [1.54, 1.807) is 0 Å². The number of H-pyrrole nitrogens is 1. The molecule has 0 aliphatic heterocycles. The third kappa shape index (κ3) is 2.06. The number of hydrogen-bond acceptors (Lipinski definition) is 2. The maximum Gasteiger partial charge on any atom is 0.292 e. The molecule has 3 rings (SSSR count). The van der Waals surface area contributed by atoms with Crippen LogP contribution in [0.15, 0.2) is 53.8 Å². The van der Waals surface area contributed by atoms with Gasteiger partial charge in [0.15, 0.2) is 11.2 Å². The number of aromatic nitrogens is 2. The Bertz CT molecular complexity index is 747. The molecule has 2 aromatic heterocycles. The van der Waals surface area contributed by atoms with Gasteiger partial charge in [-0.1, -0.05) is 22.8 Å². The zero-order valence-electron chi connectivity index (χ0n) is 9.92. The van der Waals surface area contributed by atoms with Crippen LogP contribution in [0.5, 0.6) is 0 Å². The molecule has 2 N–H and O–H groups in total.